The predicted octanol–water partition coefficient (Wildman–Crippen LogP) is 3.36. The van der Waals surface area contributed by atoms with Crippen LogP contribution in [0, 0.1) is 17.9 Å². The molecule has 1 radical (unpaired) electrons. The molecule has 2 rings (SSSR count). The maximum absolute atomic E-state index is 3.07. The van der Waals surface area contributed by atoms with Gasteiger partial charge in [0.05, 0.1) is 0 Å². The summed E-state index contributed by atoms with van der Waals surface area (Å²) in [5.41, 5.74) is 1.36. The number of hydrogen-bond donors (Lipinski definition) is 0. The molecule has 15 heavy (non-hydrogen) atoms. The molecule has 0 bridgehead atoms. The minimum absolute atomic E-state index is 0.844. The van der Waals surface area contributed by atoms with Crippen molar-refractivity contribution < 1.29 is 0 Å². The number of rotatable bonds is 2. The first-order valence-corrected chi connectivity index (χ1v) is 5.98. The van der Waals surface area contributed by atoms with E-state index in [4.69, 9.17) is 0 Å². The van der Waals surface area contributed by atoms with Gasteiger partial charge in [-0.2, -0.15) is 0 Å². The molecule has 1 aliphatic heterocycles. The van der Waals surface area contributed by atoms with Gasteiger partial charge in [-0.15, -0.1) is 0 Å². The molecule has 0 aromatic heterocycles. The lowest BCUT2D eigenvalue weighted by atomic mass is 9.86. The fourth-order valence-electron chi connectivity index (χ4n) is 2.41. The summed E-state index contributed by atoms with van der Waals surface area (Å²) in [4.78, 5) is 2.49. The molecule has 0 saturated carbocycles. The van der Waals surface area contributed by atoms with E-state index in [0.29, 0.717) is 0 Å². The Morgan fingerprint density at radius 2 is 1.80 bits per heavy atom. The Morgan fingerprint density at radius 3 is 2.33 bits per heavy atom. The molecule has 1 saturated heterocycles. The largest absolute Gasteiger partial charge is 0.372 e. The van der Waals surface area contributed by atoms with Crippen molar-refractivity contribution in [2.24, 2.45) is 11.8 Å². The van der Waals surface area contributed by atoms with Gasteiger partial charge in [0.2, 0.25) is 0 Å². The Kier molecular flexibility index (Phi) is 3.30. The van der Waals surface area contributed by atoms with Crippen LogP contribution in [0.2, 0.25) is 0 Å². The van der Waals surface area contributed by atoms with Gasteiger partial charge in [0.15, 0.2) is 0 Å². The highest BCUT2D eigenvalue weighted by molar-refractivity contribution is 5.45. The summed E-state index contributed by atoms with van der Waals surface area (Å²) < 4.78 is 0. The molecule has 0 N–H and O–H groups in total. The lowest BCUT2D eigenvalue weighted by Crippen LogP contribution is -2.35. The minimum Gasteiger partial charge on any atom is -0.372 e. The molecule has 1 heterocycles. The molecule has 1 aromatic rings. The molecule has 1 heteroatoms. The van der Waals surface area contributed by atoms with Crippen molar-refractivity contribution in [3.8, 4) is 0 Å². The Hall–Kier alpha value is -0.980. The zero-order valence-electron chi connectivity index (χ0n) is 9.74. The Morgan fingerprint density at radius 1 is 1.20 bits per heavy atom. The summed E-state index contributed by atoms with van der Waals surface area (Å²) >= 11 is 0. The third-order valence-electron chi connectivity index (χ3n) is 3.55. The van der Waals surface area contributed by atoms with E-state index >= 15 is 0 Å². The van der Waals surface area contributed by atoms with Crippen molar-refractivity contribution in [1.82, 2.24) is 0 Å². The number of hydrogen-bond acceptors (Lipinski definition) is 1. The van der Waals surface area contributed by atoms with Crippen LogP contribution in [0.5, 0.6) is 0 Å². The molecule has 0 amide bonds. The molecular weight excluding hydrogens is 182 g/mol. The molecule has 0 atom stereocenters. The van der Waals surface area contributed by atoms with E-state index in [1.54, 1.807) is 0 Å². The van der Waals surface area contributed by atoms with E-state index in [9.17, 15) is 0 Å². The maximum atomic E-state index is 3.07. The number of benzene rings is 1. The fraction of sp³-hybridized carbons (Fsp3) is 0.571. The van der Waals surface area contributed by atoms with Crippen LogP contribution in [-0.4, -0.2) is 13.1 Å². The van der Waals surface area contributed by atoms with Crippen molar-refractivity contribution in [3.05, 3.63) is 30.3 Å². The SMILES string of the molecule is CC(C)C1CCN(c2cc[c]cc2)CC1. The van der Waals surface area contributed by atoms with Crippen molar-refractivity contribution in [3.63, 3.8) is 0 Å². The van der Waals surface area contributed by atoms with E-state index in [1.165, 1.54) is 31.6 Å². The van der Waals surface area contributed by atoms with Gasteiger partial charge in [-0.05, 0) is 42.9 Å². The van der Waals surface area contributed by atoms with E-state index in [0.717, 1.165) is 11.8 Å². The molecule has 1 aromatic carbocycles. The van der Waals surface area contributed by atoms with Gasteiger partial charge >= 0.3 is 0 Å². The molecule has 0 spiro atoms. The summed E-state index contributed by atoms with van der Waals surface area (Å²) in [5, 5.41) is 0. The molecular formula is C14H20N. The van der Waals surface area contributed by atoms with Gasteiger partial charge in [0, 0.05) is 18.8 Å². The highest BCUT2D eigenvalue weighted by Crippen LogP contribution is 2.27. The van der Waals surface area contributed by atoms with Crippen LogP contribution in [0.4, 0.5) is 5.69 Å². The second-order valence-electron chi connectivity index (χ2n) is 4.83. The molecule has 1 aliphatic rings. The van der Waals surface area contributed by atoms with Crippen molar-refractivity contribution >= 4 is 5.69 Å². The van der Waals surface area contributed by atoms with E-state index in [1.807, 2.05) is 12.1 Å². The molecule has 0 unspecified atom stereocenters. The molecule has 1 nitrogen and oxygen atoms in total. The fourth-order valence-corrected chi connectivity index (χ4v) is 2.41. The highest BCUT2D eigenvalue weighted by atomic mass is 15.1. The van der Waals surface area contributed by atoms with Crippen LogP contribution in [0.1, 0.15) is 26.7 Å². The quantitative estimate of drug-likeness (QED) is 0.711. The van der Waals surface area contributed by atoms with Crippen LogP contribution in [0.25, 0.3) is 0 Å². The third-order valence-corrected chi connectivity index (χ3v) is 3.55. The van der Waals surface area contributed by atoms with E-state index in [2.05, 4.69) is 36.9 Å². The van der Waals surface area contributed by atoms with Crippen LogP contribution in [0.15, 0.2) is 24.3 Å². The van der Waals surface area contributed by atoms with Crippen molar-refractivity contribution in [1.29, 1.82) is 0 Å². The van der Waals surface area contributed by atoms with Crippen LogP contribution >= 0.6 is 0 Å². The van der Waals surface area contributed by atoms with Crippen molar-refractivity contribution in [2.75, 3.05) is 18.0 Å². The molecule has 81 valence electrons. The number of anilines is 1. The second-order valence-corrected chi connectivity index (χ2v) is 4.83. The number of piperidine rings is 1. The maximum Gasteiger partial charge on any atom is 0.0366 e. The highest BCUT2D eigenvalue weighted by Gasteiger charge is 2.21. The molecule has 1 fully saturated rings. The average molecular weight is 202 g/mol. The van der Waals surface area contributed by atoms with Gasteiger partial charge in [-0.25, -0.2) is 0 Å². The second kappa shape index (κ2) is 4.69. The van der Waals surface area contributed by atoms with Gasteiger partial charge in [0.1, 0.15) is 0 Å². The summed E-state index contributed by atoms with van der Waals surface area (Å²) in [7, 11) is 0. The van der Waals surface area contributed by atoms with E-state index < -0.39 is 0 Å². The average Bonchev–Trinajstić information content (AvgIpc) is 2.30. The molecule has 0 aliphatic carbocycles. The minimum atomic E-state index is 0.844. The summed E-state index contributed by atoms with van der Waals surface area (Å²) in [6.45, 7) is 7.12. The lowest BCUT2D eigenvalue weighted by Gasteiger charge is -2.35. The van der Waals surface area contributed by atoms with Crippen molar-refractivity contribution in [2.45, 2.75) is 26.7 Å². The predicted molar refractivity (Wildman–Crippen MR) is 65.1 cm³/mol. The first-order valence-electron chi connectivity index (χ1n) is 5.98. The third kappa shape index (κ3) is 2.53. The van der Waals surface area contributed by atoms with Gasteiger partial charge in [0.25, 0.3) is 0 Å². The monoisotopic (exact) mass is 202 g/mol. The van der Waals surface area contributed by atoms with E-state index in [-0.39, 0.29) is 0 Å². The van der Waals surface area contributed by atoms with Gasteiger partial charge < -0.3 is 4.90 Å². The zero-order valence-corrected chi connectivity index (χ0v) is 9.74. The van der Waals surface area contributed by atoms with Gasteiger partial charge in [-0.1, -0.05) is 26.0 Å². The summed E-state index contributed by atoms with van der Waals surface area (Å²) in [6.07, 6.45) is 2.69. The normalized spacial score (nSPS) is 18.5. The van der Waals surface area contributed by atoms with Crippen LogP contribution < -0.4 is 4.90 Å². The topological polar surface area (TPSA) is 3.24 Å². The summed E-state index contributed by atoms with van der Waals surface area (Å²) in [5.74, 6) is 1.77. The summed E-state index contributed by atoms with van der Waals surface area (Å²) in [6, 6.07) is 11.4. The lowest BCUT2D eigenvalue weighted by molar-refractivity contribution is 0.311. The van der Waals surface area contributed by atoms with Gasteiger partial charge in [-0.3, -0.25) is 0 Å². The first kappa shape index (κ1) is 10.5. The van der Waals surface area contributed by atoms with Crippen LogP contribution in [-0.2, 0) is 0 Å². The Bertz CT molecular complexity index is 283. The Balaban J connectivity index is 1.94. The zero-order chi connectivity index (χ0) is 10.7. The van der Waals surface area contributed by atoms with Crippen LogP contribution in [0.3, 0.4) is 0 Å². The first-order chi connectivity index (χ1) is 7.27. The smallest absolute Gasteiger partial charge is 0.0366 e. The number of nitrogens with zero attached hydrogens (tertiary/aromatic N) is 1. The Labute approximate surface area is 93.1 Å². The standard InChI is InChI=1S/C14H20N/c1-12(2)13-8-10-15(11-9-13)14-6-4-3-5-7-14/h4-7,12-13H,8-11H2,1-2H3.